The molecule has 1 aromatic carbocycles. The zero-order chi connectivity index (χ0) is 12.8. The lowest BCUT2D eigenvalue weighted by atomic mass is 9.93. The molecule has 0 atom stereocenters. The van der Waals surface area contributed by atoms with Crippen LogP contribution in [0.2, 0.25) is 0 Å². The SMILES string of the molecule is Cn1c(C(C)(C)C(=O)O)nc2cc(F)ccc21. The Morgan fingerprint density at radius 2 is 2.12 bits per heavy atom. The van der Waals surface area contributed by atoms with E-state index >= 15 is 0 Å². The Labute approximate surface area is 97.7 Å². The number of fused-ring (bicyclic) bond motifs is 1. The Balaban J connectivity index is 2.72. The van der Waals surface area contributed by atoms with Crippen LogP contribution in [0, 0.1) is 5.82 Å². The number of rotatable bonds is 2. The van der Waals surface area contributed by atoms with Crippen LogP contribution < -0.4 is 0 Å². The van der Waals surface area contributed by atoms with Gasteiger partial charge in [0.15, 0.2) is 0 Å². The van der Waals surface area contributed by atoms with E-state index in [2.05, 4.69) is 4.98 Å². The van der Waals surface area contributed by atoms with Gasteiger partial charge in [0.05, 0.1) is 11.0 Å². The molecule has 1 heterocycles. The Kier molecular flexibility index (Phi) is 2.41. The van der Waals surface area contributed by atoms with Crippen LogP contribution in [0.4, 0.5) is 4.39 Å². The van der Waals surface area contributed by atoms with Gasteiger partial charge in [-0.3, -0.25) is 4.79 Å². The van der Waals surface area contributed by atoms with Crippen molar-refractivity contribution < 1.29 is 14.3 Å². The minimum Gasteiger partial charge on any atom is -0.481 e. The third-order valence-electron chi connectivity index (χ3n) is 2.94. The molecule has 1 N–H and O–H groups in total. The number of aliphatic carboxylic acids is 1. The van der Waals surface area contributed by atoms with Crippen molar-refractivity contribution in [2.45, 2.75) is 19.3 Å². The third kappa shape index (κ3) is 1.67. The molecule has 5 heteroatoms. The van der Waals surface area contributed by atoms with E-state index in [0.717, 1.165) is 5.52 Å². The first-order valence-electron chi connectivity index (χ1n) is 5.20. The number of hydrogen-bond acceptors (Lipinski definition) is 2. The molecule has 0 spiro atoms. The topological polar surface area (TPSA) is 55.1 Å². The summed E-state index contributed by atoms with van der Waals surface area (Å²) >= 11 is 0. The molecule has 0 amide bonds. The van der Waals surface area contributed by atoms with E-state index in [4.69, 9.17) is 0 Å². The molecule has 90 valence electrons. The van der Waals surface area contributed by atoms with Gasteiger partial charge < -0.3 is 9.67 Å². The summed E-state index contributed by atoms with van der Waals surface area (Å²) < 4.78 is 14.8. The van der Waals surface area contributed by atoms with E-state index in [9.17, 15) is 14.3 Å². The Bertz CT molecular complexity index is 602. The average Bonchev–Trinajstić information content (AvgIpc) is 2.55. The first kappa shape index (κ1) is 11.6. The van der Waals surface area contributed by atoms with Crippen LogP contribution in [0.3, 0.4) is 0 Å². The summed E-state index contributed by atoms with van der Waals surface area (Å²) in [6.45, 7) is 3.15. The van der Waals surface area contributed by atoms with Crippen molar-refractivity contribution >= 4 is 17.0 Å². The normalized spacial score (nSPS) is 12.0. The fourth-order valence-corrected chi connectivity index (χ4v) is 1.83. The lowest BCUT2D eigenvalue weighted by Gasteiger charge is -2.18. The van der Waals surface area contributed by atoms with Crippen LogP contribution in [0.25, 0.3) is 11.0 Å². The molecule has 4 nitrogen and oxygen atoms in total. The summed E-state index contributed by atoms with van der Waals surface area (Å²) in [6.07, 6.45) is 0. The van der Waals surface area contributed by atoms with Crippen LogP contribution in [0.1, 0.15) is 19.7 Å². The molecule has 0 aliphatic heterocycles. The van der Waals surface area contributed by atoms with Gasteiger partial charge in [-0.2, -0.15) is 0 Å². The maximum atomic E-state index is 13.1. The van der Waals surface area contributed by atoms with E-state index < -0.39 is 11.4 Å². The molecular formula is C12H13FN2O2. The van der Waals surface area contributed by atoms with E-state index in [0.29, 0.717) is 11.3 Å². The van der Waals surface area contributed by atoms with Gasteiger partial charge in [-0.25, -0.2) is 9.37 Å². The second kappa shape index (κ2) is 3.55. The highest BCUT2D eigenvalue weighted by molar-refractivity contribution is 5.82. The predicted molar refractivity (Wildman–Crippen MR) is 61.3 cm³/mol. The molecule has 0 aliphatic rings. The molecule has 17 heavy (non-hydrogen) atoms. The van der Waals surface area contributed by atoms with Gasteiger partial charge in [0.25, 0.3) is 0 Å². The van der Waals surface area contributed by atoms with Gasteiger partial charge in [-0.1, -0.05) is 0 Å². The minimum atomic E-state index is -1.11. The molecule has 0 unspecified atom stereocenters. The maximum Gasteiger partial charge on any atom is 0.316 e. The van der Waals surface area contributed by atoms with E-state index in [1.54, 1.807) is 31.5 Å². The van der Waals surface area contributed by atoms with Crippen LogP contribution in [0.5, 0.6) is 0 Å². The van der Waals surface area contributed by atoms with Gasteiger partial charge in [-0.05, 0) is 26.0 Å². The molecular weight excluding hydrogens is 223 g/mol. The van der Waals surface area contributed by atoms with Gasteiger partial charge in [0.2, 0.25) is 0 Å². The standard InChI is InChI=1S/C12H13FN2O2/c1-12(2,11(16)17)10-14-8-6-7(13)4-5-9(8)15(10)3/h4-6H,1-3H3,(H,16,17). The molecule has 0 saturated carbocycles. The number of hydrogen-bond donors (Lipinski definition) is 1. The molecule has 0 bridgehead atoms. The fourth-order valence-electron chi connectivity index (χ4n) is 1.83. The van der Waals surface area contributed by atoms with E-state index in [-0.39, 0.29) is 5.82 Å². The van der Waals surface area contributed by atoms with Crippen molar-refractivity contribution in [1.29, 1.82) is 0 Å². The highest BCUT2D eigenvalue weighted by atomic mass is 19.1. The molecule has 0 aliphatic carbocycles. The summed E-state index contributed by atoms with van der Waals surface area (Å²) in [6, 6.07) is 4.23. The quantitative estimate of drug-likeness (QED) is 0.868. The predicted octanol–water partition coefficient (Wildman–Crippen LogP) is 2.07. The second-order valence-electron chi connectivity index (χ2n) is 4.56. The molecule has 0 fully saturated rings. The number of nitrogens with zero attached hydrogens (tertiary/aromatic N) is 2. The Morgan fingerprint density at radius 3 is 2.71 bits per heavy atom. The monoisotopic (exact) mass is 236 g/mol. The van der Waals surface area contributed by atoms with Crippen molar-refractivity contribution in [3.8, 4) is 0 Å². The van der Waals surface area contributed by atoms with Gasteiger partial charge in [-0.15, -0.1) is 0 Å². The van der Waals surface area contributed by atoms with Gasteiger partial charge in [0, 0.05) is 13.1 Å². The van der Waals surface area contributed by atoms with Gasteiger partial charge in [0.1, 0.15) is 17.1 Å². The van der Waals surface area contributed by atoms with E-state index in [1.165, 1.54) is 12.1 Å². The Hall–Kier alpha value is -1.91. The molecule has 0 saturated heterocycles. The lowest BCUT2D eigenvalue weighted by Crippen LogP contribution is -2.31. The highest BCUT2D eigenvalue weighted by Gasteiger charge is 2.34. The lowest BCUT2D eigenvalue weighted by molar-refractivity contribution is -0.142. The Morgan fingerprint density at radius 1 is 1.47 bits per heavy atom. The van der Waals surface area contributed by atoms with Gasteiger partial charge >= 0.3 is 5.97 Å². The maximum absolute atomic E-state index is 13.1. The smallest absolute Gasteiger partial charge is 0.316 e. The van der Waals surface area contributed by atoms with Crippen LogP contribution >= 0.6 is 0 Å². The number of halogens is 1. The van der Waals surface area contributed by atoms with Crippen LogP contribution in [-0.4, -0.2) is 20.6 Å². The van der Waals surface area contributed by atoms with E-state index in [1.807, 2.05) is 0 Å². The largest absolute Gasteiger partial charge is 0.481 e. The molecule has 2 aromatic rings. The number of carboxylic acids is 1. The summed E-state index contributed by atoms with van der Waals surface area (Å²) in [5.74, 6) is -0.933. The fraction of sp³-hybridized carbons (Fsp3) is 0.333. The number of carboxylic acid groups (broad SMARTS) is 1. The number of carbonyl (C=O) groups is 1. The number of aromatic nitrogens is 2. The number of aryl methyl sites for hydroxylation is 1. The third-order valence-corrected chi connectivity index (χ3v) is 2.94. The summed E-state index contributed by atoms with van der Waals surface area (Å²) in [4.78, 5) is 15.4. The molecule has 1 aromatic heterocycles. The average molecular weight is 236 g/mol. The number of benzene rings is 1. The first-order valence-corrected chi connectivity index (χ1v) is 5.20. The second-order valence-corrected chi connectivity index (χ2v) is 4.56. The van der Waals surface area contributed by atoms with Crippen molar-refractivity contribution in [2.24, 2.45) is 7.05 Å². The minimum absolute atomic E-state index is 0.379. The summed E-state index contributed by atoms with van der Waals surface area (Å²) in [5, 5.41) is 9.17. The summed E-state index contributed by atoms with van der Waals surface area (Å²) in [5.41, 5.74) is 0.0806. The van der Waals surface area contributed by atoms with Crippen molar-refractivity contribution in [3.63, 3.8) is 0 Å². The first-order chi connectivity index (χ1) is 7.84. The molecule has 2 rings (SSSR count). The number of imidazole rings is 1. The zero-order valence-electron chi connectivity index (χ0n) is 9.86. The van der Waals surface area contributed by atoms with Crippen molar-refractivity contribution in [1.82, 2.24) is 9.55 Å². The molecule has 0 radical (unpaired) electrons. The zero-order valence-corrected chi connectivity index (χ0v) is 9.86. The van der Waals surface area contributed by atoms with Crippen molar-refractivity contribution in [2.75, 3.05) is 0 Å². The van der Waals surface area contributed by atoms with Crippen LogP contribution in [0.15, 0.2) is 18.2 Å². The summed E-state index contributed by atoms with van der Waals surface area (Å²) in [7, 11) is 1.73. The van der Waals surface area contributed by atoms with Crippen molar-refractivity contribution in [3.05, 3.63) is 29.8 Å². The van der Waals surface area contributed by atoms with Crippen LogP contribution in [-0.2, 0) is 17.3 Å². The highest BCUT2D eigenvalue weighted by Crippen LogP contribution is 2.26.